The summed E-state index contributed by atoms with van der Waals surface area (Å²) < 4.78 is 10.5. The number of esters is 1. The first kappa shape index (κ1) is 20.7. The second kappa shape index (κ2) is 8.57. The molecule has 2 aromatic heterocycles. The molecular formula is C21H23N3O4S. The van der Waals surface area contributed by atoms with Crippen LogP contribution in [0.4, 0.5) is 10.8 Å². The lowest BCUT2D eigenvalue weighted by molar-refractivity contribution is -0.115. The summed E-state index contributed by atoms with van der Waals surface area (Å²) in [7, 11) is 0. The number of hydrogen-bond donors (Lipinski definition) is 0. The highest BCUT2D eigenvalue weighted by Gasteiger charge is 2.22. The Morgan fingerprint density at radius 2 is 1.97 bits per heavy atom. The van der Waals surface area contributed by atoms with Crippen molar-refractivity contribution in [2.24, 2.45) is 0 Å². The van der Waals surface area contributed by atoms with Gasteiger partial charge in [-0.3, -0.25) is 9.69 Å². The topological polar surface area (TPSA) is 85.5 Å². The number of ether oxygens (including phenoxy) is 1. The monoisotopic (exact) mass is 413 g/mol. The van der Waals surface area contributed by atoms with Gasteiger partial charge in [0, 0.05) is 12.3 Å². The highest BCUT2D eigenvalue weighted by molar-refractivity contribution is 7.14. The number of carbonyl (C=O) groups is 2. The molecule has 29 heavy (non-hydrogen) atoms. The summed E-state index contributed by atoms with van der Waals surface area (Å²) in [6.45, 7) is 9.09. The predicted molar refractivity (Wildman–Crippen MR) is 111 cm³/mol. The fraction of sp³-hybridized carbons (Fsp3) is 0.333. The number of carbonyl (C=O) groups excluding carboxylic acids is 2. The first-order valence-corrected chi connectivity index (χ1v) is 10.1. The van der Waals surface area contributed by atoms with Crippen LogP contribution in [0.2, 0.25) is 0 Å². The standard InChI is InChI=1S/C21H23N3O4S/c1-6-18-19(14(4)28-23-18)20(26)27-10-16-11-29-21(22-16)24(15(5)25)17-8-7-12(2)13(3)9-17/h7-9,11H,6,10H2,1-5H3. The molecule has 0 unspecified atom stereocenters. The lowest BCUT2D eigenvalue weighted by Gasteiger charge is -2.19. The van der Waals surface area contributed by atoms with E-state index in [1.807, 2.05) is 39.0 Å². The number of aryl methyl sites for hydroxylation is 4. The maximum atomic E-state index is 12.4. The summed E-state index contributed by atoms with van der Waals surface area (Å²) in [6, 6.07) is 5.83. The van der Waals surface area contributed by atoms with Gasteiger partial charge in [-0.1, -0.05) is 18.1 Å². The zero-order chi connectivity index (χ0) is 21.1. The predicted octanol–water partition coefficient (Wildman–Crippen LogP) is 4.66. The van der Waals surface area contributed by atoms with Crippen LogP contribution in [0.15, 0.2) is 28.1 Å². The zero-order valence-electron chi connectivity index (χ0n) is 17.1. The van der Waals surface area contributed by atoms with E-state index in [1.54, 1.807) is 17.2 Å². The average Bonchev–Trinajstić information content (AvgIpc) is 3.29. The molecule has 0 radical (unpaired) electrons. The Balaban J connectivity index is 1.76. The molecule has 8 heteroatoms. The van der Waals surface area contributed by atoms with Crippen molar-refractivity contribution in [1.82, 2.24) is 10.1 Å². The van der Waals surface area contributed by atoms with Gasteiger partial charge in [-0.05, 0) is 50.5 Å². The van der Waals surface area contributed by atoms with Crippen LogP contribution in [0.5, 0.6) is 0 Å². The van der Waals surface area contributed by atoms with Crippen LogP contribution in [0.25, 0.3) is 0 Å². The summed E-state index contributed by atoms with van der Waals surface area (Å²) in [6.07, 6.45) is 0.576. The highest BCUT2D eigenvalue weighted by atomic mass is 32.1. The largest absolute Gasteiger partial charge is 0.455 e. The quantitative estimate of drug-likeness (QED) is 0.546. The van der Waals surface area contributed by atoms with Crippen molar-refractivity contribution in [1.29, 1.82) is 0 Å². The minimum atomic E-state index is -0.493. The molecule has 3 rings (SSSR count). The molecule has 1 amide bonds. The van der Waals surface area contributed by atoms with Gasteiger partial charge in [0.15, 0.2) is 5.13 Å². The zero-order valence-corrected chi connectivity index (χ0v) is 17.9. The molecule has 0 saturated carbocycles. The van der Waals surface area contributed by atoms with Gasteiger partial charge in [-0.25, -0.2) is 9.78 Å². The van der Waals surface area contributed by atoms with E-state index in [0.29, 0.717) is 34.3 Å². The maximum Gasteiger partial charge on any atom is 0.344 e. The molecule has 0 N–H and O–H groups in total. The molecule has 0 spiro atoms. The minimum Gasteiger partial charge on any atom is -0.455 e. The minimum absolute atomic E-state index is 0.00176. The molecule has 0 aliphatic rings. The van der Waals surface area contributed by atoms with Crippen molar-refractivity contribution in [2.45, 2.75) is 47.6 Å². The van der Waals surface area contributed by atoms with Crippen molar-refractivity contribution < 1.29 is 18.8 Å². The molecule has 152 valence electrons. The molecule has 0 bridgehead atoms. The van der Waals surface area contributed by atoms with E-state index in [1.165, 1.54) is 18.3 Å². The third kappa shape index (κ3) is 4.37. The molecule has 1 aromatic carbocycles. The SMILES string of the molecule is CCc1noc(C)c1C(=O)OCc1csc(N(C(C)=O)c2ccc(C)c(C)c2)n1. The number of aromatic nitrogens is 2. The number of rotatable bonds is 6. The van der Waals surface area contributed by atoms with Crippen LogP contribution >= 0.6 is 11.3 Å². The molecule has 0 aliphatic carbocycles. The summed E-state index contributed by atoms with van der Waals surface area (Å²) in [5.74, 6) is -0.199. The van der Waals surface area contributed by atoms with Crippen molar-refractivity contribution in [2.75, 3.05) is 4.90 Å². The lowest BCUT2D eigenvalue weighted by Crippen LogP contribution is -2.22. The van der Waals surface area contributed by atoms with E-state index >= 15 is 0 Å². The van der Waals surface area contributed by atoms with E-state index in [0.717, 1.165) is 16.8 Å². The molecule has 0 fully saturated rings. The van der Waals surface area contributed by atoms with Crippen LogP contribution in [0.1, 0.15) is 52.5 Å². The van der Waals surface area contributed by atoms with Gasteiger partial charge < -0.3 is 9.26 Å². The van der Waals surface area contributed by atoms with Crippen molar-refractivity contribution in [3.63, 3.8) is 0 Å². The van der Waals surface area contributed by atoms with E-state index in [4.69, 9.17) is 9.26 Å². The van der Waals surface area contributed by atoms with Crippen LogP contribution in [0, 0.1) is 20.8 Å². The number of anilines is 2. The smallest absolute Gasteiger partial charge is 0.344 e. The van der Waals surface area contributed by atoms with Gasteiger partial charge in [0.1, 0.15) is 17.9 Å². The summed E-state index contributed by atoms with van der Waals surface area (Å²) in [4.78, 5) is 30.7. The van der Waals surface area contributed by atoms with Gasteiger partial charge in [-0.2, -0.15) is 0 Å². The highest BCUT2D eigenvalue weighted by Crippen LogP contribution is 2.30. The van der Waals surface area contributed by atoms with Crippen LogP contribution < -0.4 is 4.90 Å². The number of amides is 1. The normalized spacial score (nSPS) is 10.8. The molecule has 0 atom stereocenters. The summed E-state index contributed by atoms with van der Waals surface area (Å²) >= 11 is 1.32. The Labute approximate surface area is 173 Å². The Morgan fingerprint density at radius 1 is 1.21 bits per heavy atom. The van der Waals surface area contributed by atoms with Crippen LogP contribution in [-0.2, 0) is 22.6 Å². The average molecular weight is 413 g/mol. The van der Waals surface area contributed by atoms with E-state index in [9.17, 15) is 9.59 Å². The number of benzene rings is 1. The van der Waals surface area contributed by atoms with Gasteiger partial charge in [0.25, 0.3) is 0 Å². The summed E-state index contributed by atoms with van der Waals surface area (Å²) in [5, 5.41) is 6.18. The van der Waals surface area contributed by atoms with E-state index in [-0.39, 0.29) is 12.5 Å². The van der Waals surface area contributed by atoms with Crippen molar-refractivity contribution in [3.05, 3.63) is 57.4 Å². The first-order chi connectivity index (χ1) is 13.8. The van der Waals surface area contributed by atoms with Crippen LogP contribution in [0.3, 0.4) is 0 Å². The van der Waals surface area contributed by atoms with Gasteiger partial charge in [0.2, 0.25) is 5.91 Å². The Hall–Kier alpha value is -3.00. The van der Waals surface area contributed by atoms with Gasteiger partial charge in [-0.15, -0.1) is 11.3 Å². The molecule has 0 aliphatic heterocycles. The fourth-order valence-corrected chi connectivity index (χ4v) is 3.76. The van der Waals surface area contributed by atoms with Crippen molar-refractivity contribution >= 4 is 34.0 Å². The third-order valence-electron chi connectivity index (χ3n) is 4.62. The molecule has 3 aromatic rings. The maximum absolute atomic E-state index is 12.4. The lowest BCUT2D eigenvalue weighted by atomic mass is 10.1. The van der Waals surface area contributed by atoms with Gasteiger partial charge >= 0.3 is 5.97 Å². The van der Waals surface area contributed by atoms with E-state index < -0.39 is 5.97 Å². The Bertz CT molecular complexity index is 1050. The first-order valence-electron chi connectivity index (χ1n) is 9.26. The third-order valence-corrected chi connectivity index (χ3v) is 5.49. The number of hydrogen-bond acceptors (Lipinski definition) is 7. The van der Waals surface area contributed by atoms with Crippen molar-refractivity contribution in [3.8, 4) is 0 Å². The van der Waals surface area contributed by atoms with Gasteiger partial charge in [0.05, 0.1) is 17.1 Å². The fourth-order valence-electron chi connectivity index (χ4n) is 2.89. The van der Waals surface area contributed by atoms with Crippen LogP contribution in [-0.4, -0.2) is 22.0 Å². The second-order valence-electron chi connectivity index (χ2n) is 6.73. The molecular weight excluding hydrogens is 390 g/mol. The number of thiazole rings is 1. The molecule has 0 saturated heterocycles. The Kier molecular flexibility index (Phi) is 6.12. The summed E-state index contributed by atoms with van der Waals surface area (Å²) in [5.41, 5.74) is 4.51. The van der Waals surface area contributed by atoms with E-state index in [2.05, 4.69) is 10.1 Å². The second-order valence-corrected chi connectivity index (χ2v) is 7.57. The Morgan fingerprint density at radius 3 is 2.62 bits per heavy atom. The molecule has 2 heterocycles. The number of nitrogens with zero attached hydrogens (tertiary/aromatic N) is 3. The molecule has 7 nitrogen and oxygen atoms in total.